The molecule has 0 radical (unpaired) electrons. The predicted molar refractivity (Wildman–Crippen MR) is 51.6 cm³/mol. The number of ether oxygens (including phenoxy) is 1. The maximum absolute atomic E-state index is 5.48. The summed E-state index contributed by atoms with van der Waals surface area (Å²) in [7, 11) is 0. The lowest BCUT2D eigenvalue weighted by Gasteiger charge is -2.39. The van der Waals surface area contributed by atoms with Crippen LogP contribution in [0.25, 0.3) is 0 Å². The summed E-state index contributed by atoms with van der Waals surface area (Å²) < 4.78 is 5.48. The van der Waals surface area contributed by atoms with Crippen LogP contribution >= 0.6 is 0 Å². The van der Waals surface area contributed by atoms with Crippen molar-refractivity contribution in [1.29, 1.82) is 0 Å². The average molecular weight is 174 g/mol. The van der Waals surface area contributed by atoms with Gasteiger partial charge in [-0.25, -0.2) is 0 Å². The molecule has 0 bridgehead atoms. The maximum Gasteiger partial charge on any atom is 0.0503 e. The summed E-state index contributed by atoms with van der Waals surface area (Å²) in [5.41, 5.74) is 1.51. The van der Waals surface area contributed by atoms with Crippen LogP contribution < -0.4 is 0 Å². The Balaban J connectivity index is 1.81. The average Bonchev–Trinajstić information content (AvgIpc) is 2.50. The van der Waals surface area contributed by atoms with E-state index < -0.39 is 0 Å². The highest BCUT2D eigenvalue weighted by atomic mass is 16.5. The summed E-state index contributed by atoms with van der Waals surface area (Å²) in [6, 6.07) is 10.9. The van der Waals surface area contributed by atoms with Crippen molar-refractivity contribution < 1.29 is 4.74 Å². The largest absolute Gasteiger partial charge is 0.381 e. The summed E-state index contributed by atoms with van der Waals surface area (Å²) >= 11 is 0. The molecule has 2 fully saturated rings. The van der Waals surface area contributed by atoms with E-state index in [1.807, 2.05) is 0 Å². The van der Waals surface area contributed by atoms with Crippen molar-refractivity contribution in [3.8, 4) is 0 Å². The summed E-state index contributed by atoms with van der Waals surface area (Å²) in [6.07, 6.45) is 1.34. The minimum atomic E-state index is 0.786. The van der Waals surface area contributed by atoms with Gasteiger partial charge < -0.3 is 4.74 Å². The van der Waals surface area contributed by atoms with Crippen LogP contribution in [0.4, 0.5) is 0 Å². The molecule has 1 heteroatoms. The number of rotatable bonds is 1. The molecule has 1 nitrogen and oxygen atoms in total. The molecule has 1 saturated heterocycles. The highest BCUT2D eigenvalue weighted by Gasteiger charge is 2.45. The van der Waals surface area contributed by atoms with E-state index >= 15 is 0 Å². The molecule has 0 spiro atoms. The number of hydrogen-bond donors (Lipinski definition) is 0. The van der Waals surface area contributed by atoms with Crippen molar-refractivity contribution in [3.05, 3.63) is 35.9 Å². The lowest BCUT2D eigenvalue weighted by molar-refractivity contribution is 0.184. The molecule has 1 aliphatic carbocycles. The van der Waals surface area contributed by atoms with Gasteiger partial charge in [-0.1, -0.05) is 30.3 Å². The molecule has 13 heavy (non-hydrogen) atoms. The van der Waals surface area contributed by atoms with E-state index in [1.54, 1.807) is 0 Å². The maximum atomic E-state index is 5.48. The van der Waals surface area contributed by atoms with E-state index in [9.17, 15) is 0 Å². The van der Waals surface area contributed by atoms with Crippen LogP contribution in [0.2, 0.25) is 0 Å². The minimum Gasteiger partial charge on any atom is -0.381 e. The molecule has 1 heterocycles. The van der Waals surface area contributed by atoms with Gasteiger partial charge in [0.2, 0.25) is 0 Å². The zero-order valence-electron chi connectivity index (χ0n) is 7.65. The zero-order valence-corrected chi connectivity index (χ0v) is 7.65. The van der Waals surface area contributed by atoms with E-state index in [2.05, 4.69) is 30.3 Å². The highest BCUT2D eigenvalue weighted by Crippen LogP contribution is 2.50. The van der Waals surface area contributed by atoms with Gasteiger partial charge in [0, 0.05) is 6.61 Å². The molecule has 0 amide bonds. The van der Waals surface area contributed by atoms with Crippen LogP contribution in [-0.2, 0) is 4.74 Å². The highest BCUT2D eigenvalue weighted by molar-refractivity contribution is 5.24. The first kappa shape index (κ1) is 7.57. The van der Waals surface area contributed by atoms with Gasteiger partial charge in [-0.15, -0.1) is 0 Å². The first-order chi connectivity index (χ1) is 6.45. The number of hydrogen-bond acceptors (Lipinski definition) is 1. The van der Waals surface area contributed by atoms with Gasteiger partial charge in [0.25, 0.3) is 0 Å². The van der Waals surface area contributed by atoms with Crippen molar-refractivity contribution in [2.75, 3.05) is 13.2 Å². The molecule has 0 N–H and O–H groups in total. The van der Waals surface area contributed by atoms with E-state index in [4.69, 9.17) is 4.74 Å². The van der Waals surface area contributed by atoms with Crippen molar-refractivity contribution in [3.63, 3.8) is 0 Å². The SMILES string of the molecule is c1ccc(C2CC3COCC32)cc1. The standard InChI is InChI=1S/C12H14O/c1-2-4-9(5-3-1)11-6-10-7-13-8-12(10)11/h1-5,10-12H,6-8H2. The van der Waals surface area contributed by atoms with Gasteiger partial charge in [-0.3, -0.25) is 0 Å². The number of fused-ring (bicyclic) bond motifs is 1. The van der Waals surface area contributed by atoms with Gasteiger partial charge >= 0.3 is 0 Å². The van der Waals surface area contributed by atoms with Crippen molar-refractivity contribution in [2.45, 2.75) is 12.3 Å². The second-order valence-electron chi connectivity index (χ2n) is 4.21. The molecule has 68 valence electrons. The molecule has 0 aromatic heterocycles. The molecular formula is C12H14O. The van der Waals surface area contributed by atoms with Crippen LogP contribution in [0, 0.1) is 11.8 Å². The Morgan fingerprint density at radius 1 is 1.08 bits per heavy atom. The molecule has 3 rings (SSSR count). The van der Waals surface area contributed by atoms with Crippen LogP contribution in [0.15, 0.2) is 30.3 Å². The van der Waals surface area contributed by atoms with E-state index in [0.29, 0.717) is 0 Å². The third kappa shape index (κ3) is 1.11. The summed E-state index contributed by atoms with van der Waals surface area (Å²) in [6.45, 7) is 2.00. The van der Waals surface area contributed by atoms with Gasteiger partial charge in [-0.2, -0.15) is 0 Å². The molecule has 1 aromatic carbocycles. The van der Waals surface area contributed by atoms with E-state index in [1.165, 1.54) is 12.0 Å². The van der Waals surface area contributed by atoms with Crippen LogP contribution in [0.5, 0.6) is 0 Å². The Labute approximate surface area is 78.7 Å². The molecular weight excluding hydrogens is 160 g/mol. The first-order valence-electron chi connectivity index (χ1n) is 5.08. The molecule has 1 saturated carbocycles. The van der Waals surface area contributed by atoms with Gasteiger partial charge in [-0.05, 0) is 29.7 Å². The fraction of sp³-hybridized carbons (Fsp3) is 0.500. The van der Waals surface area contributed by atoms with E-state index in [-0.39, 0.29) is 0 Å². The van der Waals surface area contributed by atoms with E-state index in [0.717, 1.165) is 31.0 Å². The third-order valence-electron chi connectivity index (χ3n) is 3.55. The van der Waals surface area contributed by atoms with Crippen LogP contribution in [-0.4, -0.2) is 13.2 Å². The Kier molecular flexibility index (Phi) is 1.66. The lowest BCUT2D eigenvalue weighted by Crippen LogP contribution is -2.33. The minimum absolute atomic E-state index is 0.786. The summed E-state index contributed by atoms with van der Waals surface area (Å²) in [4.78, 5) is 0. The Morgan fingerprint density at radius 3 is 2.69 bits per heavy atom. The van der Waals surface area contributed by atoms with Gasteiger partial charge in [0.05, 0.1) is 6.61 Å². The molecule has 1 aromatic rings. The topological polar surface area (TPSA) is 9.23 Å². The summed E-state index contributed by atoms with van der Waals surface area (Å²) in [5, 5.41) is 0. The van der Waals surface area contributed by atoms with Crippen molar-refractivity contribution >= 4 is 0 Å². The Hall–Kier alpha value is -0.820. The zero-order chi connectivity index (χ0) is 8.67. The Bertz CT molecular complexity index is 293. The van der Waals surface area contributed by atoms with Crippen molar-refractivity contribution in [1.82, 2.24) is 0 Å². The second kappa shape index (κ2) is 2.85. The van der Waals surface area contributed by atoms with Crippen LogP contribution in [0.3, 0.4) is 0 Å². The second-order valence-corrected chi connectivity index (χ2v) is 4.21. The molecule has 3 unspecified atom stereocenters. The fourth-order valence-corrected chi connectivity index (χ4v) is 2.69. The summed E-state index contributed by atoms with van der Waals surface area (Å²) in [5.74, 6) is 2.47. The van der Waals surface area contributed by atoms with Gasteiger partial charge in [0.15, 0.2) is 0 Å². The van der Waals surface area contributed by atoms with Gasteiger partial charge in [0.1, 0.15) is 0 Å². The fourth-order valence-electron chi connectivity index (χ4n) is 2.69. The molecule has 1 aliphatic heterocycles. The quantitative estimate of drug-likeness (QED) is 0.635. The van der Waals surface area contributed by atoms with Crippen LogP contribution in [0.1, 0.15) is 17.9 Å². The number of benzene rings is 1. The lowest BCUT2D eigenvalue weighted by atomic mass is 9.64. The predicted octanol–water partition coefficient (Wildman–Crippen LogP) is 2.44. The smallest absolute Gasteiger partial charge is 0.0503 e. The normalized spacial score (nSPS) is 36.8. The Morgan fingerprint density at radius 2 is 1.92 bits per heavy atom. The third-order valence-corrected chi connectivity index (χ3v) is 3.55. The molecule has 3 atom stereocenters. The molecule has 2 aliphatic rings. The monoisotopic (exact) mass is 174 g/mol. The first-order valence-corrected chi connectivity index (χ1v) is 5.08. The van der Waals surface area contributed by atoms with Crippen molar-refractivity contribution in [2.24, 2.45) is 11.8 Å².